The van der Waals surface area contributed by atoms with Gasteiger partial charge < -0.3 is 5.32 Å². The van der Waals surface area contributed by atoms with Crippen LogP contribution < -0.4 is 5.32 Å². The molecule has 16 heavy (non-hydrogen) atoms. The van der Waals surface area contributed by atoms with Crippen LogP contribution in [0.25, 0.3) is 0 Å². The van der Waals surface area contributed by atoms with E-state index in [0.29, 0.717) is 10.8 Å². The van der Waals surface area contributed by atoms with Crippen LogP contribution in [-0.4, -0.2) is 24.0 Å². The molecule has 0 bridgehead atoms. The Balaban J connectivity index is 2.47. The van der Waals surface area contributed by atoms with Crippen LogP contribution in [0.15, 0.2) is 4.99 Å². The van der Waals surface area contributed by atoms with Gasteiger partial charge in [-0.3, -0.25) is 4.99 Å². The second-order valence-electron chi connectivity index (χ2n) is 6.03. The molecule has 1 aliphatic rings. The van der Waals surface area contributed by atoms with Gasteiger partial charge in [-0.05, 0) is 23.7 Å². The van der Waals surface area contributed by atoms with E-state index in [1.165, 1.54) is 18.6 Å². The van der Waals surface area contributed by atoms with Crippen molar-refractivity contribution < 1.29 is 0 Å². The van der Waals surface area contributed by atoms with E-state index in [1.807, 2.05) is 11.8 Å². The van der Waals surface area contributed by atoms with Crippen molar-refractivity contribution in [3.05, 3.63) is 0 Å². The van der Waals surface area contributed by atoms with Crippen molar-refractivity contribution in [2.45, 2.75) is 47.5 Å². The van der Waals surface area contributed by atoms with E-state index in [2.05, 4.69) is 39.9 Å². The number of thioether (sulfide) groups is 1. The molecule has 0 aromatic heterocycles. The van der Waals surface area contributed by atoms with Gasteiger partial charge in [0.15, 0.2) is 5.17 Å². The molecule has 0 aromatic carbocycles. The van der Waals surface area contributed by atoms with E-state index in [4.69, 9.17) is 4.99 Å². The molecule has 0 saturated heterocycles. The van der Waals surface area contributed by atoms with Gasteiger partial charge in [0.05, 0.1) is 0 Å². The molecular formula is C13H26N2S. The summed E-state index contributed by atoms with van der Waals surface area (Å²) < 4.78 is 0. The monoisotopic (exact) mass is 242 g/mol. The second-order valence-corrected chi connectivity index (χ2v) is 7.00. The molecule has 94 valence electrons. The summed E-state index contributed by atoms with van der Waals surface area (Å²) in [6, 6.07) is 0. The lowest BCUT2D eigenvalue weighted by molar-refractivity contribution is 0.317. The maximum absolute atomic E-state index is 4.70. The zero-order valence-corrected chi connectivity index (χ0v) is 12.2. The molecule has 1 N–H and O–H groups in total. The molecule has 0 fully saturated rings. The highest BCUT2D eigenvalue weighted by atomic mass is 32.2. The maximum Gasteiger partial charge on any atom is 0.156 e. The molecule has 3 heteroatoms. The smallest absolute Gasteiger partial charge is 0.156 e. The molecule has 1 rings (SSSR count). The van der Waals surface area contributed by atoms with Gasteiger partial charge in [-0.1, -0.05) is 46.4 Å². The van der Waals surface area contributed by atoms with Crippen molar-refractivity contribution in [3.8, 4) is 0 Å². The second kappa shape index (κ2) is 5.44. The predicted molar refractivity (Wildman–Crippen MR) is 75.2 cm³/mol. The van der Waals surface area contributed by atoms with Crippen LogP contribution in [0.3, 0.4) is 0 Å². The molecule has 0 atom stereocenters. The quantitative estimate of drug-likeness (QED) is 0.818. The highest BCUT2D eigenvalue weighted by Crippen LogP contribution is 2.34. The first kappa shape index (κ1) is 13.9. The summed E-state index contributed by atoms with van der Waals surface area (Å²) in [6.07, 6.45) is 2.49. The summed E-state index contributed by atoms with van der Waals surface area (Å²) in [4.78, 5) is 4.70. The molecule has 0 amide bonds. The van der Waals surface area contributed by atoms with Gasteiger partial charge >= 0.3 is 0 Å². The molecular weight excluding hydrogens is 216 g/mol. The number of aliphatic imine (C=N–C) groups is 1. The van der Waals surface area contributed by atoms with E-state index in [9.17, 15) is 0 Å². The molecule has 1 heterocycles. The number of hydrogen-bond donors (Lipinski definition) is 1. The molecule has 0 spiro atoms. The SMILES string of the molecule is CCC1(CC)CN=C(NCC(C)(C)C)SC1. The lowest BCUT2D eigenvalue weighted by Gasteiger charge is -2.34. The lowest BCUT2D eigenvalue weighted by Crippen LogP contribution is -2.37. The van der Waals surface area contributed by atoms with Crippen molar-refractivity contribution in [1.82, 2.24) is 5.32 Å². The largest absolute Gasteiger partial charge is 0.364 e. The van der Waals surface area contributed by atoms with Gasteiger partial charge in [-0.25, -0.2) is 0 Å². The number of hydrogen-bond acceptors (Lipinski definition) is 3. The van der Waals surface area contributed by atoms with E-state index in [0.717, 1.165) is 18.3 Å². The van der Waals surface area contributed by atoms with Crippen LogP contribution in [0, 0.1) is 10.8 Å². The minimum Gasteiger partial charge on any atom is -0.364 e. The first-order valence-electron chi connectivity index (χ1n) is 6.32. The van der Waals surface area contributed by atoms with Gasteiger partial charge in [0.1, 0.15) is 0 Å². The lowest BCUT2D eigenvalue weighted by atomic mass is 9.84. The predicted octanol–water partition coefficient (Wildman–Crippen LogP) is 3.53. The Hall–Kier alpha value is -0.180. The summed E-state index contributed by atoms with van der Waals surface area (Å²) in [6.45, 7) is 13.3. The Labute approximate surface area is 105 Å². The first-order valence-corrected chi connectivity index (χ1v) is 7.30. The average molecular weight is 242 g/mol. The van der Waals surface area contributed by atoms with Crippen molar-refractivity contribution in [2.24, 2.45) is 15.8 Å². The van der Waals surface area contributed by atoms with E-state index >= 15 is 0 Å². The number of nitrogens with one attached hydrogen (secondary N) is 1. The Kier molecular flexibility index (Phi) is 4.72. The summed E-state index contributed by atoms with van der Waals surface area (Å²) in [7, 11) is 0. The first-order chi connectivity index (χ1) is 7.41. The van der Waals surface area contributed by atoms with Crippen molar-refractivity contribution in [2.75, 3.05) is 18.8 Å². The molecule has 2 nitrogen and oxygen atoms in total. The van der Waals surface area contributed by atoms with Crippen molar-refractivity contribution in [1.29, 1.82) is 0 Å². The number of nitrogens with zero attached hydrogens (tertiary/aromatic N) is 1. The van der Waals surface area contributed by atoms with Gasteiger partial charge in [-0.2, -0.15) is 0 Å². The zero-order chi connectivity index (χ0) is 12.2. The summed E-state index contributed by atoms with van der Waals surface area (Å²) in [5.41, 5.74) is 0.782. The normalized spacial score (nSPS) is 20.4. The summed E-state index contributed by atoms with van der Waals surface area (Å²) >= 11 is 1.90. The molecule has 0 saturated carbocycles. The van der Waals surface area contributed by atoms with Crippen LogP contribution in [0.5, 0.6) is 0 Å². The van der Waals surface area contributed by atoms with Crippen LogP contribution >= 0.6 is 11.8 Å². The van der Waals surface area contributed by atoms with Gasteiger partial charge in [0.25, 0.3) is 0 Å². The van der Waals surface area contributed by atoms with E-state index in [-0.39, 0.29) is 0 Å². The topological polar surface area (TPSA) is 24.4 Å². The van der Waals surface area contributed by atoms with Crippen LogP contribution in [0.2, 0.25) is 0 Å². The Morgan fingerprint density at radius 1 is 1.31 bits per heavy atom. The zero-order valence-electron chi connectivity index (χ0n) is 11.4. The van der Waals surface area contributed by atoms with E-state index in [1.54, 1.807) is 0 Å². The van der Waals surface area contributed by atoms with Gasteiger partial charge in [-0.15, -0.1) is 0 Å². The Morgan fingerprint density at radius 2 is 1.94 bits per heavy atom. The third-order valence-electron chi connectivity index (χ3n) is 3.34. The fourth-order valence-corrected chi connectivity index (χ4v) is 2.95. The standard InChI is InChI=1S/C13H26N2S/c1-6-13(7-2)9-15-11(16-10-13)14-8-12(3,4)5/h6-10H2,1-5H3,(H,14,15). The molecule has 0 radical (unpaired) electrons. The molecule has 1 aliphatic heterocycles. The highest BCUT2D eigenvalue weighted by Gasteiger charge is 2.30. The highest BCUT2D eigenvalue weighted by molar-refractivity contribution is 8.13. The maximum atomic E-state index is 4.70. The minimum absolute atomic E-state index is 0.327. The Bertz CT molecular complexity index is 249. The molecule has 0 unspecified atom stereocenters. The Morgan fingerprint density at radius 3 is 2.31 bits per heavy atom. The fraction of sp³-hybridized carbons (Fsp3) is 0.923. The van der Waals surface area contributed by atoms with E-state index < -0.39 is 0 Å². The van der Waals surface area contributed by atoms with Gasteiger partial charge in [0.2, 0.25) is 0 Å². The molecule has 0 aromatic rings. The minimum atomic E-state index is 0.327. The number of amidine groups is 1. The average Bonchev–Trinajstić information content (AvgIpc) is 2.26. The number of rotatable bonds is 3. The summed E-state index contributed by atoms with van der Waals surface area (Å²) in [5, 5.41) is 4.61. The van der Waals surface area contributed by atoms with Crippen LogP contribution in [0.4, 0.5) is 0 Å². The van der Waals surface area contributed by atoms with Crippen molar-refractivity contribution in [3.63, 3.8) is 0 Å². The molecule has 0 aliphatic carbocycles. The van der Waals surface area contributed by atoms with Crippen LogP contribution in [0.1, 0.15) is 47.5 Å². The summed E-state index contributed by atoms with van der Waals surface area (Å²) in [5.74, 6) is 1.22. The third-order valence-corrected chi connectivity index (χ3v) is 4.65. The third kappa shape index (κ3) is 4.00. The van der Waals surface area contributed by atoms with Crippen molar-refractivity contribution >= 4 is 16.9 Å². The van der Waals surface area contributed by atoms with Crippen LogP contribution in [-0.2, 0) is 0 Å². The fourth-order valence-electron chi connectivity index (χ4n) is 1.68. The van der Waals surface area contributed by atoms with Gasteiger partial charge in [0, 0.05) is 18.8 Å².